The molecule has 0 saturated heterocycles. The summed E-state index contributed by atoms with van der Waals surface area (Å²) in [5.74, 6) is 1.35. The highest BCUT2D eigenvalue weighted by molar-refractivity contribution is 14.0. The Morgan fingerprint density at radius 1 is 1.12 bits per heavy atom. The molecule has 1 atom stereocenters. The molecule has 0 spiro atoms. The molecular weight excluding hydrogens is 425 g/mol. The fraction of sp³-hybridized carbons (Fsp3) is 0.650. The number of aliphatic imine (C=N–C) groups is 1. The second-order valence-electron chi connectivity index (χ2n) is 6.99. The molecule has 0 radical (unpaired) electrons. The average Bonchev–Trinajstić information content (AvgIpc) is 2.58. The third-order valence-corrected chi connectivity index (χ3v) is 4.32. The molecule has 1 unspecified atom stereocenters. The lowest BCUT2D eigenvalue weighted by molar-refractivity contribution is 0.251. The fourth-order valence-corrected chi connectivity index (χ4v) is 2.78. The minimum atomic E-state index is -0.00245. The van der Waals surface area contributed by atoms with Gasteiger partial charge < -0.3 is 15.7 Å². The molecule has 25 heavy (non-hydrogen) atoms. The number of hydrogen-bond acceptors (Lipinski definition) is 2. The van der Waals surface area contributed by atoms with Crippen molar-refractivity contribution in [3.8, 4) is 0 Å². The lowest BCUT2D eigenvalue weighted by atomic mass is 9.85. The zero-order valence-corrected chi connectivity index (χ0v) is 18.5. The van der Waals surface area contributed by atoms with Crippen molar-refractivity contribution in [3.05, 3.63) is 35.9 Å². The van der Waals surface area contributed by atoms with Crippen LogP contribution in [0, 0.1) is 5.92 Å². The van der Waals surface area contributed by atoms with Gasteiger partial charge in [-0.1, -0.05) is 57.5 Å². The van der Waals surface area contributed by atoms with Crippen molar-refractivity contribution in [3.63, 3.8) is 0 Å². The Morgan fingerprint density at radius 2 is 1.80 bits per heavy atom. The SMILES string of the molecule is CCCC(CCO)CNC(=NCC(C)(C)c1ccccc1)NCC.I. The Kier molecular flexibility index (Phi) is 13.0. The van der Waals surface area contributed by atoms with Crippen LogP contribution in [0.15, 0.2) is 35.3 Å². The first-order valence-corrected chi connectivity index (χ1v) is 9.22. The van der Waals surface area contributed by atoms with E-state index < -0.39 is 0 Å². The first-order valence-electron chi connectivity index (χ1n) is 9.22. The van der Waals surface area contributed by atoms with Gasteiger partial charge in [0.2, 0.25) is 0 Å². The van der Waals surface area contributed by atoms with Crippen molar-refractivity contribution in [2.75, 3.05) is 26.2 Å². The molecule has 0 aliphatic carbocycles. The third-order valence-electron chi connectivity index (χ3n) is 4.32. The van der Waals surface area contributed by atoms with E-state index in [4.69, 9.17) is 4.99 Å². The maximum atomic E-state index is 9.19. The number of aliphatic hydroxyl groups is 1. The maximum absolute atomic E-state index is 9.19. The number of hydrogen-bond donors (Lipinski definition) is 3. The summed E-state index contributed by atoms with van der Waals surface area (Å²) in [5, 5.41) is 16.0. The molecule has 1 aromatic rings. The van der Waals surface area contributed by atoms with Gasteiger partial charge in [0.15, 0.2) is 5.96 Å². The summed E-state index contributed by atoms with van der Waals surface area (Å²) in [6.45, 7) is 11.4. The molecule has 0 aliphatic heterocycles. The highest BCUT2D eigenvalue weighted by atomic mass is 127. The quantitative estimate of drug-likeness (QED) is 0.281. The van der Waals surface area contributed by atoms with Crippen molar-refractivity contribution >= 4 is 29.9 Å². The van der Waals surface area contributed by atoms with E-state index in [-0.39, 0.29) is 36.0 Å². The number of halogens is 1. The van der Waals surface area contributed by atoms with Crippen LogP contribution in [0.5, 0.6) is 0 Å². The molecule has 0 heterocycles. The van der Waals surface area contributed by atoms with E-state index in [1.165, 1.54) is 5.56 Å². The highest BCUT2D eigenvalue weighted by Crippen LogP contribution is 2.23. The molecule has 0 aliphatic rings. The van der Waals surface area contributed by atoms with E-state index in [2.05, 4.69) is 62.6 Å². The first kappa shape index (κ1) is 24.2. The van der Waals surface area contributed by atoms with E-state index in [1.54, 1.807) is 0 Å². The van der Waals surface area contributed by atoms with Crippen LogP contribution < -0.4 is 10.6 Å². The molecule has 1 rings (SSSR count). The van der Waals surface area contributed by atoms with Crippen LogP contribution >= 0.6 is 24.0 Å². The highest BCUT2D eigenvalue weighted by Gasteiger charge is 2.20. The summed E-state index contributed by atoms with van der Waals surface area (Å²) in [6, 6.07) is 10.5. The van der Waals surface area contributed by atoms with E-state index in [0.29, 0.717) is 5.92 Å². The van der Waals surface area contributed by atoms with Gasteiger partial charge in [0.1, 0.15) is 0 Å². The number of guanidine groups is 1. The summed E-state index contributed by atoms with van der Waals surface area (Å²) in [6.07, 6.45) is 3.11. The van der Waals surface area contributed by atoms with Crippen molar-refractivity contribution in [1.82, 2.24) is 10.6 Å². The van der Waals surface area contributed by atoms with Gasteiger partial charge >= 0.3 is 0 Å². The molecule has 3 N–H and O–H groups in total. The maximum Gasteiger partial charge on any atom is 0.191 e. The zero-order chi connectivity index (χ0) is 17.8. The Labute approximate surface area is 170 Å². The van der Waals surface area contributed by atoms with Crippen LogP contribution in [0.25, 0.3) is 0 Å². The standard InChI is InChI=1S/C20H35N3O.HI/c1-5-10-17(13-14-24)15-22-19(21-6-2)23-16-20(3,4)18-11-8-7-9-12-18;/h7-9,11-12,17,24H,5-6,10,13-16H2,1-4H3,(H2,21,22,23);1H. The van der Waals surface area contributed by atoms with Gasteiger partial charge in [0.05, 0.1) is 6.54 Å². The minimum absolute atomic E-state index is 0. The number of benzene rings is 1. The molecule has 0 aromatic heterocycles. The Morgan fingerprint density at radius 3 is 2.36 bits per heavy atom. The van der Waals surface area contributed by atoms with E-state index in [0.717, 1.165) is 44.9 Å². The number of aliphatic hydroxyl groups excluding tert-OH is 1. The first-order chi connectivity index (χ1) is 11.5. The molecule has 1 aromatic carbocycles. The third kappa shape index (κ3) is 9.45. The molecule has 4 nitrogen and oxygen atoms in total. The van der Waals surface area contributed by atoms with Gasteiger partial charge in [0, 0.05) is 25.1 Å². The van der Waals surface area contributed by atoms with Gasteiger partial charge in [-0.25, -0.2) is 0 Å². The molecule has 0 amide bonds. The van der Waals surface area contributed by atoms with Gasteiger partial charge in [-0.15, -0.1) is 24.0 Å². The summed E-state index contributed by atoms with van der Waals surface area (Å²) < 4.78 is 0. The minimum Gasteiger partial charge on any atom is -0.396 e. The smallest absolute Gasteiger partial charge is 0.191 e. The Balaban J connectivity index is 0.00000576. The molecule has 144 valence electrons. The summed E-state index contributed by atoms with van der Waals surface area (Å²) >= 11 is 0. The summed E-state index contributed by atoms with van der Waals surface area (Å²) in [7, 11) is 0. The number of nitrogens with zero attached hydrogens (tertiary/aromatic N) is 1. The summed E-state index contributed by atoms with van der Waals surface area (Å²) in [5.41, 5.74) is 1.30. The molecule has 0 bridgehead atoms. The topological polar surface area (TPSA) is 56.6 Å². The lowest BCUT2D eigenvalue weighted by Gasteiger charge is -2.24. The number of rotatable bonds is 10. The van der Waals surface area contributed by atoms with Crippen LogP contribution in [0.1, 0.15) is 52.5 Å². The Bertz CT molecular complexity index is 471. The normalized spacial score (nSPS) is 13.1. The van der Waals surface area contributed by atoms with Crippen molar-refractivity contribution in [2.45, 2.75) is 52.4 Å². The Hall–Kier alpha value is -0.820. The van der Waals surface area contributed by atoms with E-state index in [9.17, 15) is 5.11 Å². The predicted molar refractivity (Wildman–Crippen MR) is 119 cm³/mol. The van der Waals surface area contributed by atoms with Crippen molar-refractivity contribution < 1.29 is 5.11 Å². The number of nitrogens with one attached hydrogen (secondary N) is 2. The summed E-state index contributed by atoms with van der Waals surface area (Å²) in [4.78, 5) is 4.79. The largest absolute Gasteiger partial charge is 0.396 e. The molecule has 5 heteroatoms. The van der Waals surface area contributed by atoms with Crippen LogP contribution in [0.4, 0.5) is 0 Å². The van der Waals surface area contributed by atoms with Crippen LogP contribution in [-0.2, 0) is 5.41 Å². The van der Waals surface area contributed by atoms with E-state index >= 15 is 0 Å². The molecular formula is C20H36IN3O. The van der Waals surface area contributed by atoms with Gasteiger partial charge in [-0.3, -0.25) is 4.99 Å². The van der Waals surface area contributed by atoms with Gasteiger partial charge in [-0.05, 0) is 31.2 Å². The van der Waals surface area contributed by atoms with Crippen LogP contribution in [0.2, 0.25) is 0 Å². The predicted octanol–water partition coefficient (Wildman–Crippen LogP) is 3.94. The lowest BCUT2D eigenvalue weighted by Crippen LogP contribution is -2.41. The van der Waals surface area contributed by atoms with Crippen molar-refractivity contribution in [2.24, 2.45) is 10.9 Å². The van der Waals surface area contributed by atoms with Gasteiger partial charge in [0.25, 0.3) is 0 Å². The van der Waals surface area contributed by atoms with Gasteiger partial charge in [-0.2, -0.15) is 0 Å². The molecule has 0 saturated carbocycles. The monoisotopic (exact) mass is 461 g/mol. The van der Waals surface area contributed by atoms with Crippen LogP contribution in [0.3, 0.4) is 0 Å². The fourth-order valence-electron chi connectivity index (χ4n) is 2.78. The van der Waals surface area contributed by atoms with Crippen molar-refractivity contribution in [1.29, 1.82) is 0 Å². The average molecular weight is 461 g/mol. The van der Waals surface area contributed by atoms with Crippen LogP contribution in [-0.4, -0.2) is 37.3 Å². The van der Waals surface area contributed by atoms with E-state index in [1.807, 2.05) is 6.07 Å². The molecule has 0 fully saturated rings. The second-order valence-corrected chi connectivity index (χ2v) is 6.99. The zero-order valence-electron chi connectivity index (χ0n) is 16.2. The second kappa shape index (κ2) is 13.4.